The van der Waals surface area contributed by atoms with Gasteiger partial charge in [0.1, 0.15) is 17.1 Å². The maximum absolute atomic E-state index is 15.2. The molecule has 2 fully saturated rings. The van der Waals surface area contributed by atoms with Crippen molar-refractivity contribution in [3.63, 3.8) is 0 Å². The fraction of sp³-hybridized carbons (Fsp3) is 0.304. The van der Waals surface area contributed by atoms with E-state index in [2.05, 4.69) is 5.32 Å². The molecule has 1 saturated heterocycles. The van der Waals surface area contributed by atoms with Gasteiger partial charge in [-0.2, -0.15) is 0 Å². The molecule has 9 heteroatoms. The first kappa shape index (κ1) is 22.3. The molecule has 168 valence electrons. The third-order valence-corrected chi connectivity index (χ3v) is 6.08. The molecule has 0 spiro atoms. The number of carboxylic acid groups (broad SMARTS) is 1. The van der Waals surface area contributed by atoms with Crippen molar-refractivity contribution in [2.24, 2.45) is 0 Å². The molecule has 2 heterocycles. The maximum Gasteiger partial charge on any atom is 0.341 e. The van der Waals surface area contributed by atoms with Crippen LogP contribution in [0.15, 0.2) is 47.4 Å². The summed E-state index contributed by atoms with van der Waals surface area (Å²) in [7, 11) is 0. The highest BCUT2D eigenvalue weighted by Gasteiger charge is 2.29. The Bertz CT molecular complexity index is 1240. The second kappa shape index (κ2) is 8.55. The number of benzene rings is 2. The number of anilines is 1. The molecule has 1 unspecified atom stereocenters. The Morgan fingerprint density at radius 1 is 1.16 bits per heavy atom. The van der Waals surface area contributed by atoms with Crippen LogP contribution in [0.1, 0.15) is 40.8 Å². The molecule has 5 rings (SSSR count). The number of aromatic hydroxyl groups is 1. The molecule has 2 aromatic carbocycles. The molecule has 1 aliphatic carbocycles. The van der Waals surface area contributed by atoms with Crippen LogP contribution in [0.5, 0.6) is 5.75 Å². The second-order valence-electron chi connectivity index (χ2n) is 8.18. The maximum atomic E-state index is 15.2. The van der Waals surface area contributed by atoms with Gasteiger partial charge in [0.25, 0.3) is 0 Å². The third kappa shape index (κ3) is 3.98. The molecule has 0 bridgehead atoms. The number of phenolic OH excluding ortho intramolecular Hbond substituents is 1. The van der Waals surface area contributed by atoms with Crippen molar-refractivity contribution in [3.05, 3.63) is 69.8 Å². The summed E-state index contributed by atoms with van der Waals surface area (Å²) < 4.78 is 17.0. The predicted octanol–water partition coefficient (Wildman–Crippen LogP) is 3.61. The van der Waals surface area contributed by atoms with Crippen molar-refractivity contribution >= 4 is 39.5 Å². The van der Waals surface area contributed by atoms with Crippen LogP contribution in [0.2, 0.25) is 0 Å². The zero-order valence-electron chi connectivity index (χ0n) is 17.1. The highest BCUT2D eigenvalue weighted by Crippen LogP contribution is 2.38. The molecule has 2 aliphatic rings. The van der Waals surface area contributed by atoms with Crippen molar-refractivity contribution in [1.29, 1.82) is 0 Å². The quantitative estimate of drug-likeness (QED) is 0.503. The predicted molar refractivity (Wildman–Crippen MR) is 125 cm³/mol. The van der Waals surface area contributed by atoms with Gasteiger partial charge in [0.2, 0.25) is 5.43 Å². The van der Waals surface area contributed by atoms with Gasteiger partial charge >= 0.3 is 5.97 Å². The lowest BCUT2D eigenvalue weighted by molar-refractivity contribution is 0.0695. The van der Waals surface area contributed by atoms with E-state index in [9.17, 15) is 19.8 Å². The molecule has 1 aliphatic heterocycles. The summed E-state index contributed by atoms with van der Waals surface area (Å²) in [4.78, 5) is 26.1. The minimum atomic E-state index is -1.30. The summed E-state index contributed by atoms with van der Waals surface area (Å²) in [6.45, 7) is 1.77. The van der Waals surface area contributed by atoms with Gasteiger partial charge in [0.05, 0.1) is 11.2 Å². The number of rotatable bonds is 4. The Morgan fingerprint density at radius 2 is 1.88 bits per heavy atom. The van der Waals surface area contributed by atoms with Crippen molar-refractivity contribution in [2.45, 2.75) is 24.9 Å². The van der Waals surface area contributed by atoms with E-state index in [-0.39, 0.29) is 45.8 Å². The fourth-order valence-electron chi connectivity index (χ4n) is 4.31. The number of aromatic nitrogens is 1. The number of hydrogen-bond acceptors (Lipinski definition) is 5. The van der Waals surface area contributed by atoms with Crippen LogP contribution in [0.4, 0.5) is 10.1 Å². The molecule has 1 aromatic heterocycles. The topological polar surface area (TPSA) is 94.8 Å². The Hall–Kier alpha value is -2.91. The van der Waals surface area contributed by atoms with Crippen LogP contribution < -0.4 is 15.6 Å². The summed E-state index contributed by atoms with van der Waals surface area (Å²) in [6, 6.07) is 9.88. The lowest BCUT2D eigenvalue weighted by atomic mass is 10.0. The van der Waals surface area contributed by atoms with Crippen molar-refractivity contribution < 1.29 is 19.4 Å². The molecule has 3 N–H and O–H groups in total. The normalized spacial score (nSPS) is 18.4. The van der Waals surface area contributed by atoms with Gasteiger partial charge < -0.3 is 25.0 Å². The van der Waals surface area contributed by atoms with Crippen LogP contribution >= 0.6 is 17.0 Å². The van der Waals surface area contributed by atoms with E-state index in [1.807, 2.05) is 21.6 Å². The van der Waals surface area contributed by atoms with E-state index < -0.39 is 17.2 Å². The Labute approximate surface area is 193 Å². The standard InChI is InChI=1S/C23H22FN3O4.BrH/c24-18-9-16-20(27(14-3-4-14)11-17(22(16)29)23(30)31)10-21(18)26-8-7-25-19(12-26)13-1-5-15(28)6-2-13;/h1-2,5-6,9-11,14,19,25,28H,3-4,7-8,12H2,(H,30,31);1H. The van der Waals surface area contributed by atoms with Crippen molar-refractivity contribution in [2.75, 3.05) is 24.5 Å². The monoisotopic (exact) mass is 503 g/mol. The molecular weight excluding hydrogens is 481 g/mol. The average molecular weight is 504 g/mol. The first-order valence-corrected chi connectivity index (χ1v) is 10.3. The zero-order valence-corrected chi connectivity index (χ0v) is 18.8. The fourth-order valence-corrected chi connectivity index (χ4v) is 4.31. The number of aromatic carboxylic acids is 1. The molecule has 3 aromatic rings. The third-order valence-electron chi connectivity index (χ3n) is 6.08. The highest BCUT2D eigenvalue weighted by atomic mass is 79.9. The van der Waals surface area contributed by atoms with Gasteiger partial charge in [-0.3, -0.25) is 4.79 Å². The number of piperazine rings is 1. The molecule has 0 amide bonds. The Balaban J connectivity index is 0.00000245. The molecule has 7 nitrogen and oxygen atoms in total. The SMILES string of the molecule is Br.O=C(O)c1cn(C2CC2)c2cc(N3CCNC(c4ccc(O)cc4)C3)c(F)cc2c1=O. The summed E-state index contributed by atoms with van der Waals surface area (Å²) in [5.41, 5.74) is 0.959. The van der Waals surface area contributed by atoms with E-state index in [4.69, 9.17) is 0 Å². The summed E-state index contributed by atoms with van der Waals surface area (Å²) in [5, 5.41) is 22.4. The van der Waals surface area contributed by atoms with Crippen LogP contribution in [-0.2, 0) is 0 Å². The second-order valence-corrected chi connectivity index (χ2v) is 8.18. The van der Waals surface area contributed by atoms with Gasteiger partial charge in [0.15, 0.2) is 0 Å². The van der Waals surface area contributed by atoms with Crippen LogP contribution in [0.25, 0.3) is 10.9 Å². The van der Waals surface area contributed by atoms with Gasteiger partial charge in [-0.15, -0.1) is 17.0 Å². The molecule has 1 saturated carbocycles. The Morgan fingerprint density at radius 3 is 2.53 bits per heavy atom. The number of hydrogen-bond donors (Lipinski definition) is 3. The van der Waals surface area contributed by atoms with E-state index in [1.54, 1.807) is 18.2 Å². The lowest BCUT2D eigenvalue weighted by Crippen LogP contribution is -2.46. The smallest absolute Gasteiger partial charge is 0.341 e. The van der Waals surface area contributed by atoms with E-state index in [1.165, 1.54) is 12.3 Å². The molecule has 32 heavy (non-hydrogen) atoms. The number of pyridine rings is 1. The van der Waals surface area contributed by atoms with Gasteiger partial charge in [0, 0.05) is 43.3 Å². The lowest BCUT2D eigenvalue weighted by Gasteiger charge is -2.36. The minimum absolute atomic E-state index is 0. The summed E-state index contributed by atoms with van der Waals surface area (Å²) in [6.07, 6.45) is 3.20. The number of halogens is 2. The highest BCUT2D eigenvalue weighted by molar-refractivity contribution is 8.93. The van der Waals surface area contributed by atoms with E-state index in [0.717, 1.165) is 18.4 Å². The zero-order chi connectivity index (χ0) is 21.7. The van der Waals surface area contributed by atoms with Crippen LogP contribution in [0, 0.1) is 5.82 Å². The minimum Gasteiger partial charge on any atom is -0.508 e. The van der Waals surface area contributed by atoms with Gasteiger partial charge in [-0.25, -0.2) is 9.18 Å². The van der Waals surface area contributed by atoms with Crippen LogP contribution in [0.3, 0.4) is 0 Å². The molecular formula is C23H23BrFN3O4. The molecule has 1 atom stereocenters. The number of phenols is 1. The van der Waals surface area contributed by atoms with E-state index in [0.29, 0.717) is 30.8 Å². The number of nitrogens with zero attached hydrogens (tertiary/aromatic N) is 2. The number of fused-ring (bicyclic) bond motifs is 1. The summed E-state index contributed by atoms with van der Waals surface area (Å²) in [5.74, 6) is -1.65. The Kier molecular flexibility index (Phi) is 5.96. The van der Waals surface area contributed by atoms with Crippen molar-refractivity contribution in [1.82, 2.24) is 9.88 Å². The van der Waals surface area contributed by atoms with Crippen LogP contribution in [-0.4, -0.2) is 40.4 Å². The average Bonchev–Trinajstić information content (AvgIpc) is 3.60. The van der Waals surface area contributed by atoms with Gasteiger partial charge in [-0.1, -0.05) is 12.1 Å². The number of carbonyl (C=O) groups is 1. The van der Waals surface area contributed by atoms with Gasteiger partial charge in [-0.05, 0) is 42.7 Å². The largest absolute Gasteiger partial charge is 0.508 e. The number of nitrogens with one attached hydrogen (secondary N) is 1. The molecule has 0 radical (unpaired) electrons. The number of carboxylic acids is 1. The first-order valence-electron chi connectivity index (χ1n) is 10.3. The van der Waals surface area contributed by atoms with E-state index >= 15 is 4.39 Å². The van der Waals surface area contributed by atoms with Crippen molar-refractivity contribution in [3.8, 4) is 5.75 Å². The first-order chi connectivity index (χ1) is 14.9. The summed E-state index contributed by atoms with van der Waals surface area (Å²) >= 11 is 0.